The molecular formula is C35H55N3O5. The van der Waals surface area contributed by atoms with Crippen LogP contribution in [-0.4, -0.2) is 68.3 Å². The van der Waals surface area contributed by atoms with Crippen LogP contribution >= 0.6 is 0 Å². The third kappa shape index (κ3) is 8.68. The first kappa shape index (κ1) is 33.6. The number of hydrogen-bond acceptors (Lipinski definition) is 8. The zero-order valence-electron chi connectivity index (χ0n) is 27.7. The van der Waals surface area contributed by atoms with Gasteiger partial charge in [-0.1, -0.05) is 33.8 Å². The maximum absolute atomic E-state index is 13.3. The summed E-state index contributed by atoms with van der Waals surface area (Å²) in [5.41, 5.74) is -0.319. The molecule has 5 atom stereocenters. The highest BCUT2D eigenvalue weighted by atomic mass is 16.7. The summed E-state index contributed by atoms with van der Waals surface area (Å²) in [5.74, 6) is 0.609. The van der Waals surface area contributed by atoms with Gasteiger partial charge in [0.1, 0.15) is 5.75 Å². The van der Waals surface area contributed by atoms with Crippen LogP contribution in [0, 0.1) is 16.2 Å². The largest absolute Gasteiger partial charge is 0.483 e. The number of cyclic esters (lactones) is 1. The van der Waals surface area contributed by atoms with E-state index in [0.29, 0.717) is 13.0 Å². The minimum Gasteiger partial charge on any atom is -0.483 e. The molecule has 8 heteroatoms. The first-order chi connectivity index (χ1) is 20.3. The summed E-state index contributed by atoms with van der Waals surface area (Å²) in [6.07, 6.45) is 5.88. The molecular weight excluding hydrogens is 542 g/mol. The second-order valence-corrected chi connectivity index (χ2v) is 14.6. The molecule has 0 saturated carbocycles. The molecule has 240 valence electrons. The highest BCUT2D eigenvalue weighted by Gasteiger charge is 2.50. The van der Waals surface area contributed by atoms with Gasteiger partial charge in [-0.25, -0.2) is 0 Å². The lowest BCUT2D eigenvalue weighted by molar-refractivity contribution is -0.285. The normalized spacial score (nSPS) is 30.5. The van der Waals surface area contributed by atoms with Crippen LogP contribution in [0.3, 0.4) is 0 Å². The topological polar surface area (TPSA) is 90.9 Å². The standard InChI is InChI=1S/C35H55N3O5/c1-24-21-28(36-8)29(42-26-14-15-27-25(22-26)13-11-19-38-27)30(41-24)43-31-33(2,3)16-12-18-37-17-9-10-20-40-32(39)35(6,7)23-34(31,4)5/h11,13-15,19,22,24,28-31,36-37H,9-10,12,16-18,20-21,23H2,1-8H3/t24-,28+,29-,30+,31?/m1/s1. The molecule has 0 spiro atoms. The van der Waals surface area contributed by atoms with Crippen LogP contribution in [0.15, 0.2) is 36.5 Å². The molecule has 1 unspecified atom stereocenters. The quantitative estimate of drug-likeness (QED) is 0.390. The van der Waals surface area contributed by atoms with Gasteiger partial charge in [0.2, 0.25) is 0 Å². The van der Waals surface area contributed by atoms with Crippen LogP contribution in [0.1, 0.15) is 87.0 Å². The van der Waals surface area contributed by atoms with Gasteiger partial charge in [0.05, 0.1) is 35.8 Å². The number of benzene rings is 1. The maximum Gasteiger partial charge on any atom is 0.311 e. The molecule has 2 N–H and O–H groups in total. The Bertz CT molecular complexity index is 1200. The molecule has 8 nitrogen and oxygen atoms in total. The Morgan fingerprint density at radius 2 is 1.79 bits per heavy atom. The summed E-state index contributed by atoms with van der Waals surface area (Å²) in [4.78, 5) is 17.7. The molecule has 2 fully saturated rings. The lowest BCUT2D eigenvalue weighted by Gasteiger charge is -2.50. The van der Waals surface area contributed by atoms with E-state index in [9.17, 15) is 4.79 Å². The monoisotopic (exact) mass is 597 g/mol. The number of ether oxygens (including phenoxy) is 4. The molecule has 0 aliphatic carbocycles. The summed E-state index contributed by atoms with van der Waals surface area (Å²) in [7, 11) is 1.97. The van der Waals surface area contributed by atoms with E-state index >= 15 is 0 Å². The highest BCUT2D eigenvalue weighted by molar-refractivity contribution is 5.79. The Morgan fingerprint density at radius 1 is 1.02 bits per heavy atom. The van der Waals surface area contributed by atoms with Crippen LogP contribution in [0.5, 0.6) is 5.75 Å². The number of fused-ring (bicyclic) bond motifs is 1. The van der Waals surface area contributed by atoms with Gasteiger partial charge in [-0.05, 0) is 115 Å². The van der Waals surface area contributed by atoms with Crippen LogP contribution in [0.25, 0.3) is 10.9 Å². The second kappa shape index (κ2) is 14.2. The Labute approximate surface area is 259 Å². The predicted octanol–water partition coefficient (Wildman–Crippen LogP) is 6.27. The molecule has 2 saturated heterocycles. The van der Waals surface area contributed by atoms with Crippen molar-refractivity contribution in [3.05, 3.63) is 36.5 Å². The number of aromatic nitrogens is 1. The van der Waals surface area contributed by atoms with Crippen LogP contribution < -0.4 is 15.4 Å². The number of carbonyl (C=O) groups excluding carboxylic acids is 1. The Kier molecular flexibility index (Phi) is 11.1. The van der Waals surface area contributed by atoms with Crippen molar-refractivity contribution in [3.63, 3.8) is 0 Å². The van der Waals surface area contributed by atoms with E-state index in [-0.39, 0.29) is 41.2 Å². The van der Waals surface area contributed by atoms with Gasteiger partial charge in [0.25, 0.3) is 0 Å². The van der Waals surface area contributed by atoms with Crippen LogP contribution in [0.4, 0.5) is 0 Å². The molecule has 43 heavy (non-hydrogen) atoms. The molecule has 3 heterocycles. The van der Waals surface area contributed by atoms with Gasteiger partial charge < -0.3 is 29.6 Å². The maximum atomic E-state index is 13.3. The Morgan fingerprint density at radius 3 is 2.56 bits per heavy atom. The molecule has 0 bridgehead atoms. The van der Waals surface area contributed by atoms with E-state index < -0.39 is 11.7 Å². The first-order valence-electron chi connectivity index (χ1n) is 16.2. The fourth-order valence-electron chi connectivity index (χ4n) is 7.36. The first-order valence-corrected chi connectivity index (χ1v) is 16.2. The number of nitrogens with zero attached hydrogens (tertiary/aromatic N) is 1. The van der Waals surface area contributed by atoms with E-state index in [4.69, 9.17) is 18.9 Å². The molecule has 0 radical (unpaired) electrons. The molecule has 2 aliphatic rings. The van der Waals surface area contributed by atoms with Crippen molar-refractivity contribution in [2.24, 2.45) is 16.2 Å². The number of hydrogen-bond donors (Lipinski definition) is 2. The van der Waals surface area contributed by atoms with Gasteiger partial charge in [-0.2, -0.15) is 0 Å². The van der Waals surface area contributed by atoms with Crippen LogP contribution in [-0.2, 0) is 19.0 Å². The van der Waals surface area contributed by atoms with Gasteiger partial charge in [-0.3, -0.25) is 9.78 Å². The summed E-state index contributed by atoms with van der Waals surface area (Å²) in [6, 6.07) is 10.00. The summed E-state index contributed by atoms with van der Waals surface area (Å²) >= 11 is 0. The average Bonchev–Trinajstić information content (AvgIpc) is 2.94. The second-order valence-electron chi connectivity index (χ2n) is 14.6. The van der Waals surface area contributed by atoms with Crippen molar-refractivity contribution < 1.29 is 23.7 Å². The number of rotatable bonds is 5. The van der Waals surface area contributed by atoms with Gasteiger partial charge in [0.15, 0.2) is 12.4 Å². The minimum absolute atomic E-state index is 0.00722. The SMILES string of the molecule is CN[C@H]1C[C@@H](C)O[C@@H](OC2C(C)(C)CCCNCCCCOC(=O)C(C)(C)CC2(C)C)[C@@H]1Oc1ccc2ncccc2c1. The van der Waals surface area contributed by atoms with Gasteiger partial charge in [0, 0.05) is 11.6 Å². The smallest absolute Gasteiger partial charge is 0.311 e. The number of nitrogens with one attached hydrogen (secondary N) is 2. The third-order valence-electron chi connectivity index (χ3n) is 9.13. The summed E-state index contributed by atoms with van der Waals surface area (Å²) < 4.78 is 26.2. The number of carbonyl (C=O) groups is 1. The van der Waals surface area contributed by atoms with Crippen molar-refractivity contribution in [3.8, 4) is 5.75 Å². The van der Waals surface area contributed by atoms with Crippen molar-refractivity contribution in [2.45, 2.75) is 118 Å². The fraction of sp³-hybridized carbons (Fsp3) is 0.714. The molecule has 2 aliphatic heterocycles. The lowest BCUT2D eigenvalue weighted by Crippen LogP contribution is -2.59. The molecule has 0 amide bonds. The van der Waals surface area contributed by atoms with Crippen molar-refractivity contribution in [2.75, 3.05) is 26.7 Å². The Hall–Kier alpha value is -2.26. The fourth-order valence-corrected chi connectivity index (χ4v) is 7.36. The molecule has 1 aromatic carbocycles. The minimum atomic E-state index is -0.664. The third-order valence-corrected chi connectivity index (χ3v) is 9.13. The predicted molar refractivity (Wildman–Crippen MR) is 171 cm³/mol. The highest BCUT2D eigenvalue weighted by Crippen LogP contribution is 2.47. The van der Waals surface area contributed by atoms with Crippen molar-refractivity contribution in [1.82, 2.24) is 15.6 Å². The van der Waals surface area contributed by atoms with E-state index in [1.165, 1.54) is 0 Å². The number of pyridine rings is 1. The zero-order chi connectivity index (χ0) is 31.3. The lowest BCUT2D eigenvalue weighted by atomic mass is 9.64. The molecule has 1 aromatic heterocycles. The van der Waals surface area contributed by atoms with Crippen LogP contribution in [0.2, 0.25) is 0 Å². The van der Waals surface area contributed by atoms with E-state index in [1.807, 2.05) is 51.2 Å². The molecule has 2 aromatic rings. The summed E-state index contributed by atoms with van der Waals surface area (Å²) in [6.45, 7) is 17.4. The molecule has 4 rings (SSSR count). The van der Waals surface area contributed by atoms with E-state index in [2.05, 4.69) is 50.2 Å². The Balaban J connectivity index is 1.66. The van der Waals surface area contributed by atoms with Crippen molar-refractivity contribution >= 4 is 16.9 Å². The van der Waals surface area contributed by atoms with Crippen molar-refractivity contribution in [1.29, 1.82) is 0 Å². The zero-order valence-corrected chi connectivity index (χ0v) is 27.7. The number of likely N-dealkylation sites (N-methyl/N-ethyl adjacent to an activating group) is 1. The van der Waals surface area contributed by atoms with E-state index in [1.54, 1.807) is 6.20 Å². The average molecular weight is 598 g/mol. The number of esters is 1. The van der Waals surface area contributed by atoms with Gasteiger partial charge in [-0.15, -0.1) is 0 Å². The summed E-state index contributed by atoms with van der Waals surface area (Å²) in [5, 5.41) is 8.07. The van der Waals surface area contributed by atoms with Gasteiger partial charge >= 0.3 is 5.97 Å². The van der Waals surface area contributed by atoms with E-state index in [0.717, 1.165) is 61.8 Å².